The van der Waals surface area contributed by atoms with Crippen LogP contribution in [0.15, 0.2) is 48.5 Å². The predicted octanol–water partition coefficient (Wildman–Crippen LogP) is 4.27. The van der Waals surface area contributed by atoms with Crippen molar-refractivity contribution >= 4 is 23.5 Å². The molecule has 3 heterocycles. The summed E-state index contributed by atoms with van der Waals surface area (Å²) < 4.78 is 11.7. The Morgan fingerprint density at radius 2 is 1.73 bits per heavy atom. The fourth-order valence-corrected chi connectivity index (χ4v) is 4.15. The van der Waals surface area contributed by atoms with E-state index in [9.17, 15) is 4.79 Å². The molecule has 2 aromatic carbocycles. The van der Waals surface area contributed by atoms with Crippen LogP contribution in [0.25, 0.3) is 0 Å². The van der Waals surface area contributed by atoms with Gasteiger partial charge >= 0.3 is 0 Å². The lowest BCUT2D eigenvalue weighted by Crippen LogP contribution is -2.39. The van der Waals surface area contributed by atoms with Crippen molar-refractivity contribution in [1.29, 1.82) is 0 Å². The lowest BCUT2D eigenvalue weighted by atomic mass is 10.1. The molecule has 0 unspecified atom stereocenters. The van der Waals surface area contributed by atoms with Crippen molar-refractivity contribution in [3.63, 3.8) is 0 Å². The second-order valence-corrected chi connectivity index (χ2v) is 8.69. The Hall–Kier alpha value is -3.16. The molecule has 0 radical (unpaired) electrons. The average molecular weight is 465 g/mol. The topological polar surface area (TPSA) is 67.8 Å². The molecular weight excluding hydrogens is 440 g/mol. The third-order valence-electron chi connectivity index (χ3n) is 5.92. The lowest BCUT2D eigenvalue weighted by Gasteiger charge is -2.32. The first kappa shape index (κ1) is 21.7. The summed E-state index contributed by atoms with van der Waals surface area (Å²) in [7, 11) is 0. The molecule has 5 rings (SSSR count). The zero-order chi connectivity index (χ0) is 22.8. The van der Waals surface area contributed by atoms with Crippen LogP contribution >= 0.6 is 11.6 Å². The molecule has 0 aliphatic carbocycles. The summed E-state index contributed by atoms with van der Waals surface area (Å²) in [6.07, 6.45) is 0.638. The number of carbonyl (C=O) groups is 1. The molecule has 170 valence electrons. The number of aromatic nitrogens is 2. The smallest absolute Gasteiger partial charge is 0.254 e. The quantitative estimate of drug-likeness (QED) is 0.574. The molecule has 0 spiro atoms. The third-order valence-corrected chi connectivity index (χ3v) is 6.17. The molecule has 3 aromatic rings. The van der Waals surface area contributed by atoms with Gasteiger partial charge in [0.15, 0.2) is 0 Å². The molecule has 0 saturated carbocycles. The van der Waals surface area contributed by atoms with Crippen LogP contribution in [0.2, 0.25) is 5.02 Å². The van der Waals surface area contributed by atoms with Gasteiger partial charge in [-0.05, 0) is 43.3 Å². The van der Waals surface area contributed by atoms with Gasteiger partial charge in [-0.1, -0.05) is 29.3 Å². The molecule has 0 N–H and O–H groups in total. The number of amides is 1. The van der Waals surface area contributed by atoms with Gasteiger partial charge in [-0.15, -0.1) is 0 Å². The van der Waals surface area contributed by atoms with Crippen LogP contribution in [0.4, 0.5) is 5.95 Å². The van der Waals surface area contributed by atoms with E-state index in [1.807, 2.05) is 36.1 Å². The summed E-state index contributed by atoms with van der Waals surface area (Å²) >= 11 is 5.99. The number of anilines is 1. The highest BCUT2D eigenvalue weighted by Crippen LogP contribution is 2.32. The first-order chi connectivity index (χ1) is 16.1. The molecule has 0 bridgehead atoms. The molecule has 2 aliphatic heterocycles. The largest absolute Gasteiger partial charge is 0.438 e. The Morgan fingerprint density at radius 3 is 2.45 bits per heavy atom. The van der Waals surface area contributed by atoms with Crippen molar-refractivity contribution in [2.45, 2.75) is 19.9 Å². The van der Waals surface area contributed by atoms with Gasteiger partial charge in [-0.2, -0.15) is 4.98 Å². The molecule has 33 heavy (non-hydrogen) atoms. The van der Waals surface area contributed by atoms with E-state index in [4.69, 9.17) is 31.0 Å². The first-order valence-electron chi connectivity index (χ1n) is 11.1. The van der Waals surface area contributed by atoms with Gasteiger partial charge in [0.2, 0.25) is 11.8 Å². The lowest BCUT2D eigenvalue weighted by molar-refractivity contribution is 0.0731. The predicted molar refractivity (Wildman–Crippen MR) is 126 cm³/mol. The fraction of sp³-hybridized carbons (Fsp3) is 0.320. The Bertz CT molecular complexity index is 1150. The summed E-state index contributed by atoms with van der Waals surface area (Å²) in [5, 5.41) is 0.605. The minimum Gasteiger partial charge on any atom is -0.438 e. The maximum Gasteiger partial charge on any atom is 0.254 e. The fourth-order valence-electron chi connectivity index (χ4n) is 4.03. The number of ether oxygens (including phenoxy) is 2. The molecule has 8 heteroatoms. The summed E-state index contributed by atoms with van der Waals surface area (Å²) in [6.45, 7) is 5.79. The maximum atomic E-state index is 13.1. The van der Waals surface area contributed by atoms with E-state index in [1.165, 1.54) is 0 Å². The van der Waals surface area contributed by atoms with E-state index < -0.39 is 0 Å². The van der Waals surface area contributed by atoms with Gasteiger partial charge in [0.25, 0.3) is 5.91 Å². The van der Waals surface area contributed by atoms with E-state index in [-0.39, 0.29) is 5.91 Å². The highest BCUT2D eigenvalue weighted by molar-refractivity contribution is 6.30. The van der Waals surface area contributed by atoms with Crippen LogP contribution < -0.4 is 9.64 Å². The third kappa shape index (κ3) is 4.79. The minimum absolute atomic E-state index is 0.0455. The Morgan fingerprint density at radius 1 is 1.00 bits per heavy atom. The molecule has 7 nitrogen and oxygen atoms in total. The summed E-state index contributed by atoms with van der Waals surface area (Å²) in [6, 6.07) is 14.8. The molecule has 2 aliphatic rings. The van der Waals surface area contributed by atoms with Crippen molar-refractivity contribution in [3.8, 4) is 11.6 Å². The van der Waals surface area contributed by atoms with Gasteiger partial charge in [0.05, 0.1) is 31.0 Å². The molecule has 1 fully saturated rings. The SMILES string of the molecule is Cc1ccc(Oc2nc(N3CCOCC3)nc3c2CN(C(=O)c2ccc(Cl)cc2)CC3)cc1. The van der Waals surface area contributed by atoms with E-state index in [1.54, 1.807) is 24.3 Å². The van der Waals surface area contributed by atoms with Gasteiger partial charge in [-0.3, -0.25) is 4.79 Å². The Balaban J connectivity index is 1.47. The molecule has 1 amide bonds. The van der Waals surface area contributed by atoms with Crippen molar-refractivity contribution < 1.29 is 14.3 Å². The highest BCUT2D eigenvalue weighted by atomic mass is 35.5. The van der Waals surface area contributed by atoms with Crippen molar-refractivity contribution in [2.24, 2.45) is 0 Å². The molecular formula is C25H25ClN4O3. The second-order valence-electron chi connectivity index (χ2n) is 8.25. The normalized spacial score (nSPS) is 15.8. The zero-order valence-corrected chi connectivity index (χ0v) is 19.2. The number of carbonyl (C=O) groups excluding carboxylic acids is 1. The number of nitrogens with zero attached hydrogens (tertiary/aromatic N) is 4. The standard InChI is InChI=1S/C25H25ClN4O3/c1-17-2-8-20(9-3-17)33-23-21-16-30(24(31)18-4-6-19(26)7-5-18)11-10-22(21)27-25(28-23)29-12-14-32-15-13-29/h2-9H,10-16H2,1H3. The van der Waals surface area contributed by atoms with Gasteiger partial charge < -0.3 is 19.3 Å². The number of halogens is 1. The van der Waals surface area contributed by atoms with E-state index in [0.29, 0.717) is 60.9 Å². The van der Waals surface area contributed by atoms with E-state index in [2.05, 4.69) is 4.90 Å². The van der Waals surface area contributed by atoms with Crippen LogP contribution in [0.5, 0.6) is 11.6 Å². The average Bonchev–Trinajstić information content (AvgIpc) is 2.85. The van der Waals surface area contributed by atoms with Crippen molar-refractivity contribution in [3.05, 3.63) is 75.9 Å². The van der Waals surface area contributed by atoms with Crippen molar-refractivity contribution in [1.82, 2.24) is 14.9 Å². The van der Waals surface area contributed by atoms with Crippen LogP contribution in [-0.2, 0) is 17.7 Å². The Labute approximate surface area is 197 Å². The maximum absolute atomic E-state index is 13.1. The monoisotopic (exact) mass is 464 g/mol. The van der Waals surface area contributed by atoms with E-state index >= 15 is 0 Å². The molecule has 0 atom stereocenters. The number of hydrogen-bond donors (Lipinski definition) is 0. The van der Waals surface area contributed by atoms with Crippen LogP contribution in [0, 0.1) is 6.92 Å². The first-order valence-corrected chi connectivity index (χ1v) is 11.5. The second kappa shape index (κ2) is 9.37. The summed E-state index contributed by atoms with van der Waals surface area (Å²) in [4.78, 5) is 26.7. The molecule has 1 saturated heterocycles. The zero-order valence-electron chi connectivity index (χ0n) is 18.5. The number of benzene rings is 2. The molecule has 1 aromatic heterocycles. The van der Waals surface area contributed by atoms with Gasteiger partial charge in [0, 0.05) is 36.6 Å². The van der Waals surface area contributed by atoms with Crippen LogP contribution in [0.1, 0.15) is 27.2 Å². The minimum atomic E-state index is -0.0455. The number of aryl methyl sites for hydroxylation is 1. The number of rotatable bonds is 4. The van der Waals surface area contributed by atoms with Gasteiger partial charge in [-0.25, -0.2) is 4.98 Å². The summed E-state index contributed by atoms with van der Waals surface area (Å²) in [5.41, 5.74) is 3.53. The Kier molecular flexibility index (Phi) is 6.15. The highest BCUT2D eigenvalue weighted by Gasteiger charge is 2.28. The van der Waals surface area contributed by atoms with E-state index in [0.717, 1.165) is 29.9 Å². The number of fused-ring (bicyclic) bond motifs is 1. The van der Waals surface area contributed by atoms with Crippen LogP contribution in [-0.4, -0.2) is 53.6 Å². The number of morpholine rings is 1. The van der Waals surface area contributed by atoms with Crippen molar-refractivity contribution in [2.75, 3.05) is 37.7 Å². The van der Waals surface area contributed by atoms with Gasteiger partial charge in [0.1, 0.15) is 5.75 Å². The van der Waals surface area contributed by atoms with Crippen LogP contribution in [0.3, 0.4) is 0 Å². The summed E-state index contributed by atoms with van der Waals surface area (Å²) in [5.74, 6) is 1.81. The number of hydrogen-bond acceptors (Lipinski definition) is 6.